The molecule has 2 amide bonds. The molecule has 2 heterocycles. The van der Waals surface area contributed by atoms with E-state index in [0.29, 0.717) is 26.2 Å². The molecule has 34 heavy (non-hydrogen) atoms. The van der Waals surface area contributed by atoms with E-state index in [9.17, 15) is 22.4 Å². The van der Waals surface area contributed by atoms with E-state index in [1.807, 2.05) is 13.8 Å². The second-order valence-electron chi connectivity index (χ2n) is 8.70. The molecule has 2 atom stereocenters. The predicted molar refractivity (Wildman–Crippen MR) is 123 cm³/mol. The van der Waals surface area contributed by atoms with Crippen molar-refractivity contribution < 1.29 is 27.1 Å². The molecule has 0 radical (unpaired) electrons. The van der Waals surface area contributed by atoms with E-state index < -0.39 is 15.8 Å². The van der Waals surface area contributed by atoms with Gasteiger partial charge in [-0.3, -0.25) is 9.59 Å². The molecule has 2 aromatic carbocycles. The Balaban J connectivity index is 1.43. The second-order valence-corrected chi connectivity index (χ2v) is 10.6. The molecule has 182 valence electrons. The lowest BCUT2D eigenvalue weighted by atomic mass is 10.1. The normalized spacial score (nSPS) is 22.0. The highest BCUT2D eigenvalue weighted by atomic mass is 32.2. The number of sulfonamides is 1. The maximum Gasteiger partial charge on any atom is 0.254 e. The van der Waals surface area contributed by atoms with Crippen LogP contribution in [-0.2, 0) is 14.8 Å². The molecule has 2 fully saturated rings. The van der Waals surface area contributed by atoms with Crippen LogP contribution in [0, 0.1) is 5.82 Å². The Hall–Kier alpha value is -2.82. The number of piperazine rings is 1. The summed E-state index contributed by atoms with van der Waals surface area (Å²) in [4.78, 5) is 29.0. The third kappa shape index (κ3) is 5.13. The zero-order chi connectivity index (χ0) is 24.5. The number of hydrogen-bond acceptors (Lipinski definition) is 5. The zero-order valence-electron chi connectivity index (χ0n) is 19.2. The molecular weight excluding hydrogens is 461 g/mol. The molecule has 2 aliphatic rings. The van der Waals surface area contributed by atoms with E-state index >= 15 is 0 Å². The Bertz CT molecular complexity index is 1170. The fourth-order valence-corrected chi connectivity index (χ4v) is 6.00. The summed E-state index contributed by atoms with van der Waals surface area (Å²) in [5.41, 5.74) is 0.546. The van der Waals surface area contributed by atoms with Gasteiger partial charge in [0.15, 0.2) is 0 Å². The number of carbonyl (C=O) groups is 2. The van der Waals surface area contributed by atoms with E-state index in [1.54, 1.807) is 28.0 Å². The molecule has 0 aliphatic carbocycles. The fraction of sp³-hybridized carbons (Fsp3) is 0.417. The molecule has 0 saturated carbocycles. The first-order valence-corrected chi connectivity index (χ1v) is 12.7. The van der Waals surface area contributed by atoms with Crippen LogP contribution in [-0.4, -0.2) is 85.8 Å². The highest BCUT2D eigenvalue weighted by molar-refractivity contribution is 7.89. The number of hydrogen-bond donors (Lipinski definition) is 0. The van der Waals surface area contributed by atoms with Gasteiger partial charge in [-0.2, -0.15) is 4.31 Å². The van der Waals surface area contributed by atoms with Crippen LogP contribution in [0.2, 0.25) is 0 Å². The van der Waals surface area contributed by atoms with E-state index in [0.717, 1.165) is 0 Å². The molecule has 2 aromatic rings. The summed E-state index contributed by atoms with van der Waals surface area (Å²) in [5.74, 6) is -1.05. The Morgan fingerprint density at radius 2 is 1.35 bits per heavy atom. The molecular formula is C24H28FN3O5S. The van der Waals surface area contributed by atoms with Gasteiger partial charge < -0.3 is 14.5 Å². The number of halogens is 1. The molecule has 4 rings (SSSR count). The highest BCUT2D eigenvalue weighted by Crippen LogP contribution is 2.23. The van der Waals surface area contributed by atoms with Crippen molar-refractivity contribution in [2.24, 2.45) is 0 Å². The molecule has 0 aromatic heterocycles. The summed E-state index contributed by atoms with van der Waals surface area (Å²) in [5, 5.41) is 0. The van der Waals surface area contributed by atoms with Gasteiger partial charge in [-0.05, 0) is 50.2 Å². The van der Waals surface area contributed by atoms with Gasteiger partial charge in [0.2, 0.25) is 10.0 Å². The van der Waals surface area contributed by atoms with Gasteiger partial charge in [0.05, 0.1) is 17.1 Å². The van der Waals surface area contributed by atoms with Crippen LogP contribution in [0.1, 0.15) is 34.6 Å². The first-order chi connectivity index (χ1) is 16.1. The van der Waals surface area contributed by atoms with E-state index in [-0.39, 0.29) is 53.1 Å². The number of rotatable bonds is 4. The minimum absolute atomic E-state index is 0.0690. The van der Waals surface area contributed by atoms with Crippen molar-refractivity contribution in [3.8, 4) is 0 Å². The first-order valence-electron chi connectivity index (χ1n) is 11.2. The van der Waals surface area contributed by atoms with Gasteiger partial charge in [-0.1, -0.05) is 12.1 Å². The van der Waals surface area contributed by atoms with Crippen molar-refractivity contribution in [3.63, 3.8) is 0 Å². The maximum atomic E-state index is 13.4. The van der Waals surface area contributed by atoms with Crippen LogP contribution in [0.4, 0.5) is 4.39 Å². The highest BCUT2D eigenvalue weighted by Gasteiger charge is 2.33. The van der Waals surface area contributed by atoms with Crippen LogP contribution >= 0.6 is 0 Å². The largest absolute Gasteiger partial charge is 0.373 e. The third-order valence-corrected chi connectivity index (χ3v) is 7.86. The van der Waals surface area contributed by atoms with Crippen LogP contribution in [0.3, 0.4) is 0 Å². The molecule has 0 N–H and O–H groups in total. The van der Waals surface area contributed by atoms with Crippen molar-refractivity contribution in [3.05, 3.63) is 65.5 Å². The summed E-state index contributed by atoms with van der Waals surface area (Å²) in [6.07, 6.45) is -0.426. The quantitative estimate of drug-likeness (QED) is 0.657. The minimum atomic E-state index is -3.77. The van der Waals surface area contributed by atoms with Gasteiger partial charge in [0.25, 0.3) is 11.8 Å². The van der Waals surface area contributed by atoms with Crippen LogP contribution < -0.4 is 0 Å². The summed E-state index contributed by atoms with van der Waals surface area (Å²) in [7, 11) is -3.77. The van der Waals surface area contributed by atoms with Crippen LogP contribution in [0.25, 0.3) is 0 Å². The van der Waals surface area contributed by atoms with Crippen LogP contribution in [0.5, 0.6) is 0 Å². The number of benzene rings is 2. The lowest BCUT2D eigenvalue weighted by Gasteiger charge is -2.35. The van der Waals surface area contributed by atoms with Gasteiger partial charge in [-0.25, -0.2) is 12.8 Å². The first kappa shape index (κ1) is 24.3. The lowest BCUT2D eigenvalue weighted by molar-refractivity contribution is -0.0440. The van der Waals surface area contributed by atoms with Crippen molar-refractivity contribution in [2.45, 2.75) is 31.0 Å². The summed E-state index contributed by atoms with van der Waals surface area (Å²) in [6.45, 7) is 5.39. The van der Waals surface area contributed by atoms with Crippen molar-refractivity contribution >= 4 is 21.8 Å². The molecule has 10 heteroatoms. The van der Waals surface area contributed by atoms with Crippen LogP contribution in [0.15, 0.2) is 53.4 Å². The summed E-state index contributed by atoms with van der Waals surface area (Å²) >= 11 is 0. The molecule has 8 nitrogen and oxygen atoms in total. The maximum absolute atomic E-state index is 13.4. The van der Waals surface area contributed by atoms with Gasteiger partial charge in [0.1, 0.15) is 5.82 Å². The average molecular weight is 490 g/mol. The lowest BCUT2D eigenvalue weighted by Crippen LogP contribution is -2.50. The molecule has 2 unspecified atom stereocenters. The number of ether oxygens (including phenoxy) is 1. The van der Waals surface area contributed by atoms with Crippen molar-refractivity contribution in [1.82, 2.24) is 14.1 Å². The van der Waals surface area contributed by atoms with Gasteiger partial charge >= 0.3 is 0 Å². The topological polar surface area (TPSA) is 87.2 Å². The molecule has 2 aliphatic heterocycles. The van der Waals surface area contributed by atoms with E-state index in [4.69, 9.17) is 4.74 Å². The van der Waals surface area contributed by atoms with E-state index in [1.165, 1.54) is 34.6 Å². The average Bonchev–Trinajstić information content (AvgIpc) is 2.82. The number of nitrogens with zero attached hydrogens (tertiary/aromatic N) is 3. The Morgan fingerprint density at radius 3 is 1.88 bits per heavy atom. The number of amides is 2. The van der Waals surface area contributed by atoms with E-state index in [2.05, 4.69) is 0 Å². The van der Waals surface area contributed by atoms with Gasteiger partial charge in [-0.15, -0.1) is 0 Å². The zero-order valence-corrected chi connectivity index (χ0v) is 20.0. The predicted octanol–water partition coefficient (Wildman–Crippen LogP) is 2.22. The summed E-state index contributed by atoms with van der Waals surface area (Å²) < 4.78 is 46.8. The molecule has 0 spiro atoms. The smallest absolute Gasteiger partial charge is 0.254 e. The SMILES string of the molecule is CC1CN(S(=O)(=O)c2cccc(C(=O)N3CCN(C(=O)c4cccc(F)c4)CC3)c2)CC(C)O1. The monoisotopic (exact) mass is 489 g/mol. The van der Waals surface area contributed by atoms with Crippen molar-refractivity contribution in [1.29, 1.82) is 0 Å². The third-order valence-electron chi connectivity index (χ3n) is 6.03. The second kappa shape index (κ2) is 9.81. The Morgan fingerprint density at radius 1 is 0.853 bits per heavy atom. The number of morpholine rings is 1. The standard InChI is InChI=1S/C24H28FN3O5S/c1-17-15-28(16-18(2)33-17)34(31,32)22-8-4-6-20(14-22)24(30)27-11-9-26(10-12-27)23(29)19-5-3-7-21(25)13-19/h3-8,13-14,17-18H,9-12,15-16H2,1-2H3. The Kier molecular flexibility index (Phi) is 7.01. The molecule has 0 bridgehead atoms. The Labute approximate surface area is 198 Å². The molecule has 2 saturated heterocycles. The van der Waals surface area contributed by atoms with Gasteiger partial charge in [0, 0.05) is 50.4 Å². The summed E-state index contributed by atoms with van der Waals surface area (Å²) in [6, 6.07) is 11.6. The number of carbonyl (C=O) groups excluding carboxylic acids is 2. The minimum Gasteiger partial charge on any atom is -0.373 e. The fourth-order valence-electron chi connectivity index (χ4n) is 4.36. The van der Waals surface area contributed by atoms with Crippen molar-refractivity contribution in [2.75, 3.05) is 39.3 Å².